The van der Waals surface area contributed by atoms with Crippen molar-refractivity contribution in [2.24, 2.45) is 0 Å². The smallest absolute Gasteiger partial charge is 0.261 e. The molecular formula is C23H22N4O2S. The Hall–Kier alpha value is -3.32. The number of para-hydroxylation sites is 2. The average molecular weight is 419 g/mol. The van der Waals surface area contributed by atoms with E-state index < -0.39 is 0 Å². The Labute approximate surface area is 178 Å². The lowest BCUT2D eigenvalue weighted by Crippen LogP contribution is -2.27. The zero-order valence-electron chi connectivity index (χ0n) is 16.9. The van der Waals surface area contributed by atoms with Crippen molar-refractivity contribution in [2.45, 2.75) is 33.2 Å². The molecule has 7 heteroatoms. The summed E-state index contributed by atoms with van der Waals surface area (Å²) in [5.41, 5.74) is 3.30. The quantitative estimate of drug-likeness (QED) is 0.458. The van der Waals surface area contributed by atoms with E-state index >= 15 is 0 Å². The van der Waals surface area contributed by atoms with Crippen LogP contribution in [-0.4, -0.2) is 20.4 Å². The van der Waals surface area contributed by atoms with Crippen LogP contribution >= 0.6 is 11.3 Å². The van der Waals surface area contributed by atoms with Crippen molar-refractivity contribution in [2.75, 3.05) is 4.90 Å². The summed E-state index contributed by atoms with van der Waals surface area (Å²) in [6.07, 6.45) is 2.40. The molecule has 2 heterocycles. The molecule has 0 aliphatic rings. The molecule has 1 amide bonds. The zero-order chi connectivity index (χ0) is 21.1. The number of nitrogens with zero attached hydrogens (tertiary/aromatic N) is 4. The minimum absolute atomic E-state index is 0.0480. The molecule has 0 aliphatic carbocycles. The predicted octanol–water partition coefficient (Wildman–Crippen LogP) is 4.61. The van der Waals surface area contributed by atoms with Crippen LogP contribution in [-0.2, 0) is 11.3 Å². The molecule has 0 radical (unpaired) electrons. The van der Waals surface area contributed by atoms with Gasteiger partial charge in [-0.25, -0.2) is 9.97 Å². The number of hydrogen-bond acceptors (Lipinski definition) is 5. The number of rotatable bonds is 6. The van der Waals surface area contributed by atoms with Crippen LogP contribution in [0.2, 0.25) is 0 Å². The van der Waals surface area contributed by atoms with E-state index in [9.17, 15) is 9.59 Å². The van der Waals surface area contributed by atoms with Crippen molar-refractivity contribution in [3.8, 4) is 0 Å². The number of aromatic nitrogens is 3. The molecule has 4 aromatic rings. The molecule has 0 bridgehead atoms. The highest BCUT2D eigenvalue weighted by Gasteiger charge is 2.20. The minimum atomic E-state index is -0.0772. The van der Waals surface area contributed by atoms with Gasteiger partial charge in [0.25, 0.3) is 5.56 Å². The maximum absolute atomic E-state index is 13.1. The van der Waals surface area contributed by atoms with Crippen molar-refractivity contribution >= 4 is 39.0 Å². The highest BCUT2D eigenvalue weighted by molar-refractivity contribution is 7.14. The van der Waals surface area contributed by atoms with Crippen LogP contribution in [0, 0.1) is 13.8 Å². The third kappa shape index (κ3) is 4.02. The molecule has 0 N–H and O–H groups in total. The van der Waals surface area contributed by atoms with E-state index in [1.165, 1.54) is 11.3 Å². The van der Waals surface area contributed by atoms with E-state index in [-0.39, 0.29) is 11.5 Å². The summed E-state index contributed by atoms with van der Waals surface area (Å²) in [6.45, 7) is 4.28. The van der Waals surface area contributed by atoms with Gasteiger partial charge in [0, 0.05) is 18.3 Å². The first-order valence-electron chi connectivity index (χ1n) is 9.79. The summed E-state index contributed by atoms with van der Waals surface area (Å²) in [7, 11) is 0. The molecule has 0 fully saturated rings. The largest absolute Gasteiger partial charge is 0.299 e. The number of anilines is 2. The Morgan fingerprint density at radius 2 is 1.90 bits per heavy atom. The molecule has 30 heavy (non-hydrogen) atoms. The van der Waals surface area contributed by atoms with Crippen LogP contribution in [0.3, 0.4) is 0 Å². The first kappa shape index (κ1) is 20.0. The molecule has 2 aromatic carbocycles. The van der Waals surface area contributed by atoms with Crippen LogP contribution in [0.5, 0.6) is 0 Å². The molecule has 4 rings (SSSR count). The lowest BCUT2D eigenvalue weighted by molar-refractivity contribution is -0.118. The van der Waals surface area contributed by atoms with Crippen LogP contribution in [0.15, 0.2) is 65.0 Å². The third-order valence-electron chi connectivity index (χ3n) is 4.91. The molecule has 0 saturated heterocycles. The number of fused-ring (bicyclic) bond motifs is 1. The van der Waals surface area contributed by atoms with Gasteiger partial charge < -0.3 is 0 Å². The van der Waals surface area contributed by atoms with Gasteiger partial charge in [0.2, 0.25) is 5.91 Å². The zero-order valence-corrected chi connectivity index (χ0v) is 17.7. The van der Waals surface area contributed by atoms with Crippen molar-refractivity contribution in [1.82, 2.24) is 14.5 Å². The average Bonchev–Trinajstić information content (AvgIpc) is 3.17. The van der Waals surface area contributed by atoms with Crippen molar-refractivity contribution in [3.05, 3.63) is 81.8 Å². The standard InChI is InChI=1S/C23H22N4O2S/c1-16-8-6-11-19-21(16)24-15-26(22(19)29)13-7-12-20(28)27(18-9-4-3-5-10-18)23-25-17(2)14-30-23/h3-6,8-11,14-15H,7,12-13H2,1-2H3. The Morgan fingerprint density at radius 1 is 1.10 bits per heavy atom. The molecule has 0 unspecified atom stereocenters. The predicted molar refractivity (Wildman–Crippen MR) is 120 cm³/mol. The van der Waals surface area contributed by atoms with Gasteiger partial charge in [-0.2, -0.15) is 0 Å². The lowest BCUT2D eigenvalue weighted by Gasteiger charge is -2.20. The van der Waals surface area contributed by atoms with Gasteiger partial charge in [0.1, 0.15) is 0 Å². The van der Waals surface area contributed by atoms with Crippen LogP contribution in [0.25, 0.3) is 10.9 Å². The minimum Gasteiger partial charge on any atom is -0.299 e. The second kappa shape index (κ2) is 8.59. The number of amides is 1. The van der Waals surface area contributed by atoms with E-state index in [0.29, 0.717) is 29.9 Å². The maximum Gasteiger partial charge on any atom is 0.261 e. The Morgan fingerprint density at radius 3 is 2.63 bits per heavy atom. The molecule has 0 saturated carbocycles. The molecular weight excluding hydrogens is 396 g/mol. The highest BCUT2D eigenvalue weighted by atomic mass is 32.1. The molecule has 6 nitrogen and oxygen atoms in total. The topological polar surface area (TPSA) is 68.1 Å². The Kier molecular flexibility index (Phi) is 5.72. The SMILES string of the molecule is Cc1csc(N(C(=O)CCCn2cnc3c(C)cccc3c2=O)c2ccccc2)n1. The van der Waals surface area contributed by atoms with Gasteiger partial charge in [-0.1, -0.05) is 30.3 Å². The molecule has 152 valence electrons. The van der Waals surface area contributed by atoms with E-state index in [1.54, 1.807) is 21.9 Å². The fourth-order valence-corrected chi connectivity index (χ4v) is 4.23. The monoisotopic (exact) mass is 418 g/mol. The second-order valence-electron chi connectivity index (χ2n) is 7.15. The van der Waals surface area contributed by atoms with E-state index in [4.69, 9.17) is 0 Å². The van der Waals surface area contributed by atoms with Gasteiger partial charge in [0.15, 0.2) is 5.13 Å². The van der Waals surface area contributed by atoms with Crippen molar-refractivity contribution in [3.63, 3.8) is 0 Å². The molecule has 0 spiro atoms. The summed E-state index contributed by atoms with van der Waals surface area (Å²) < 4.78 is 1.58. The van der Waals surface area contributed by atoms with Gasteiger partial charge in [-0.15, -0.1) is 11.3 Å². The fraction of sp³-hybridized carbons (Fsp3) is 0.217. The Balaban J connectivity index is 1.51. The number of aryl methyl sites for hydroxylation is 3. The van der Waals surface area contributed by atoms with Crippen molar-refractivity contribution in [1.29, 1.82) is 0 Å². The first-order chi connectivity index (χ1) is 14.5. The number of carbonyl (C=O) groups is 1. The maximum atomic E-state index is 13.1. The highest BCUT2D eigenvalue weighted by Crippen LogP contribution is 2.29. The van der Waals surface area contributed by atoms with E-state index in [2.05, 4.69) is 9.97 Å². The summed E-state index contributed by atoms with van der Waals surface area (Å²) in [6, 6.07) is 15.1. The summed E-state index contributed by atoms with van der Waals surface area (Å²) >= 11 is 1.44. The fourth-order valence-electron chi connectivity index (χ4n) is 3.39. The lowest BCUT2D eigenvalue weighted by atomic mass is 10.1. The van der Waals surface area contributed by atoms with E-state index in [1.807, 2.05) is 61.7 Å². The van der Waals surface area contributed by atoms with Gasteiger partial charge in [-0.3, -0.25) is 19.1 Å². The number of thiazole rings is 1. The molecule has 0 aliphatic heterocycles. The van der Waals surface area contributed by atoms with Gasteiger partial charge in [-0.05, 0) is 44.0 Å². The first-order valence-corrected chi connectivity index (χ1v) is 10.7. The van der Waals surface area contributed by atoms with Gasteiger partial charge in [0.05, 0.1) is 28.6 Å². The normalized spacial score (nSPS) is 11.0. The van der Waals surface area contributed by atoms with Crippen LogP contribution in [0.1, 0.15) is 24.1 Å². The molecule has 0 atom stereocenters. The van der Waals surface area contributed by atoms with Crippen LogP contribution < -0.4 is 10.5 Å². The number of carbonyl (C=O) groups excluding carboxylic acids is 1. The third-order valence-corrected chi connectivity index (χ3v) is 5.85. The number of hydrogen-bond donors (Lipinski definition) is 0. The summed E-state index contributed by atoms with van der Waals surface area (Å²) in [5.74, 6) is -0.0480. The summed E-state index contributed by atoms with van der Waals surface area (Å²) in [4.78, 5) is 36.4. The second-order valence-corrected chi connectivity index (χ2v) is 7.99. The molecule has 2 aromatic heterocycles. The van der Waals surface area contributed by atoms with Gasteiger partial charge >= 0.3 is 0 Å². The number of benzene rings is 2. The van der Waals surface area contributed by atoms with Crippen molar-refractivity contribution < 1.29 is 4.79 Å². The van der Waals surface area contributed by atoms with Crippen LogP contribution in [0.4, 0.5) is 10.8 Å². The summed E-state index contributed by atoms with van der Waals surface area (Å²) in [5, 5.41) is 3.19. The Bertz CT molecular complexity index is 1250. The van der Waals surface area contributed by atoms with E-state index in [0.717, 1.165) is 22.5 Å².